The van der Waals surface area contributed by atoms with E-state index in [1.807, 2.05) is 18.2 Å². The Bertz CT molecular complexity index is 187. The molecule has 1 aliphatic heterocycles. The maximum absolute atomic E-state index is 5.09. The van der Waals surface area contributed by atoms with Gasteiger partial charge < -0.3 is 4.74 Å². The molecule has 1 unspecified atom stereocenters. The standard InChI is InChI=1S/C7H5O/c1-2-6-4-5-8-7(6)3-1/h1-3,5,7H. The summed E-state index contributed by atoms with van der Waals surface area (Å²) in [4.78, 5) is 0. The lowest BCUT2D eigenvalue weighted by Crippen LogP contribution is -1.98. The minimum absolute atomic E-state index is 0.190. The van der Waals surface area contributed by atoms with Crippen LogP contribution in [0, 0.1) is 6.08 Å². The van der Waals surface area contributed by atoms with Gasteiger partial charge in [0.05, 0.1) is 6.26 Å². The normalized spacial score (nSPS) is 30.0. The molecule has 2 rings (SSSR count). The fourth-order valence-corrected chi connectivity index (χ4v) is 0.883. The smallest absolute Gasteiger partial charge is 0.142 e. The molecule has 1 heterocycles. The summed E-state index contributed by atoms with van der Waals surface area (Å²) in [6.45, 7) is 0. The third-order valence-corrected chi connectivity index (χ3v) is 1.31. The van der Waals surface area contributed by atoms with Gasteiger partial charge in [0, 0.05) is 11.6 Å². The Morgan fingerprint density at radius 3 is 3.50 bits per heavy atom. The second kappa shape index (κ2) is 1.25. The van der Waals surface area contributed by atoms with E-state index in [0.29, 0.717) is 0 Å². The minimum Gasteiger partial charge on any atom is -0.489 e. The van der Waals surface area contributed by atoms with Crippen LogP contribution in [0.3, 0.4) is 0 Å². The lowest BCUT2D eigenvalue weighted by molar-refractivity contribution is 0.241. The Kier molecular flexibility index (Phi) is 0.618. The second-order valence-corrected chi connectivity index (χ2v) is 1.83. The van der Waals surface area contributed by atoms with Crippen molar-refractivity contribution in [1.29, 1.82) is 0 Å². The Hall–Kier alpha value is -0.980. The van der Waals surface area contributed by atoms with E-state index in [1.165, 1.54) is 0 Å². The van der Waals surface area contributed by atoms with Crippen molar-refractivity contribution in [3.63, 3.8) is 0 Å². The number of hydrogen-bond acceptors (Lipinski definition) is 1. The fourth-order valence-electron chi connectivity index (χ4n) is 0.883. The van der Waals surface area contributed by atoms with E-state index in [2.05, 4.69) is 6.08 Å². The molecule has 0 aromatic heterocycles. The SMILES string of the molecule is [C]1=COC2C=CC=C12. The number of ether oxygens (including phenoxy) is 1. The topological polar surface area (TPSA) is 9.23 Å². The molecular weight excluding hydrogens is 100 g/mol. The van der Waals surface area contributed by atoms with Crippen molar-refractivity contribution in [3.8, 4) is 0 Å². The van der Waals surface area contributed by atoms with Crippen LogP contribution in [-0.2, 0) is 4.74 Å². The Balaban J connectivity index is 2.39. The lowest BCUT2D eigenvalue weighted by atomic mass is 10.2. The van der Waals surface area contributed by atoms with E-state index in [-0.39, 0.29) is 6.10 Å². The molecular formula is C7H5O. The third-order valence-electron chi connectivity index (χ3n) is 1.31. The van der Waals surface area contributed by atoms with Crippen molar-refractivity contribution in [1.82, 2.24) is 0 Å². The van der Waals surface area contributed by atoms with Crippen molar-refractivity contribution in [2.75, 3.05) is 0 Å². The quantitative estimate of drug-likeness (QED) is 0.449. The molecule has 1 atom stereocenters. The van der Waals surface area contributed by atoms with Gasteiger partial charge >= 0.3 is 0 Å². The predicted octanol–water partition coefficient (Wildman–Crippen LogP) is 1.20. The summed E-state index contributed by atoms with van der Waals surface area (Å²) in [5, 5.41) is 0. The molecule has 0 saturated carbocycles. The van der Waals surface area contributed by atoms with Crippen LogP contribution in [0.4, 0.5) is 0 Å². The van der Waals surface area contributed by atoms with Crippen LogP contribution in [0.5, 0.6) is 0 Å². The second-order valence-electron chi connectivity index (χ2n) is 1.83. The Morgan fingerprint density at radius 1 is 1.62 bits per heavy atom. The van der Waals surface area contributed by atoms with E-state index in [9.17, 15) is 0 Å². The lowest BCUT2D eigenvalue weighted by Gasteiger charge is -1.99. The fraction of sp³-hybridized carbons (Fsp3) is 0.143. The molecule has 1 aliphatic carbocycles. The molecule has 39 valence electrons. The summed E-state index contributed by atoms with van der Waals surface area (Å²) in [5.74, 6) is 0. The molecule has 0 aromatic rings. The predicted molar refractivity (Wildman–Crippen MR) is 29.9 cm³/mol. The highest BCUT2D eigenvalue weighted by Crippen LogP contribution is 2.20. The first kappa shape index (κ1) is 3.96. The monoisotopic (exact) mass is 105 g/mol. The summed E-state index contributed by atoms with van der Waals surface area (Å²) in [7, 11) is 0. The average molecular weight is 105 g/mol. The number of allylic oxidation sites excluding steroid dienone is 2. The van der Waals surface area contributed by atoms with E-state index < -0.39 is 0 Å². The van der Waals surface area contributed by atoms with Crippen molar-refractivity contribution in [2.45, 2.75) is 6.10 Å². The zero-order chi connectivity index (χ0) is 5.40. The summed E-state index contributed by atoms with van der Waals surface area (Å²) in [5.41, 5.74) is 1.14. The van der Waals surface area contributed by atoms with Gasteiger partial charge in [-0.1, -0.05) is 12.2 Å². The molecule has 8 heavy (non-hydrogen) atoms. The minimum atomic E-state index is 0.190. The van der Waals surface area contributed by atoms with Gasteiger partial charge in [-0.2, -0.15) is 0 Å². The maximum atomic E-state index is 5.09. The van der Waals surface area contributed by atoms with E-state index in [4.69, 9.17) is 4.74 Å². The van der Waals surface area contributed by atoms with E-state index in [1.54, 1.807) is 6.26 Å². The average Bonchev–Trinajstić information content (AvgIpc) is 2.15. The number of fused-ring (bicyclic) bond motifs is 1. The molecule has 1 heteroatoms. The highest BCUT2D eigenvalue weighted by Gasteiger charge is 2.16. The van der Waals surface area contributed by atoms with Gasteiger partial charge in [0.15, 0.2) is 0 Å². The molecule has 0 spiro atoms. The molecule has 0 amide bonds. The summed E-state index contributed by atoms with van der Waals surface area (Å²) in [6, 6.07) is 0. The largest absolute Gasteiger partial charge is 0.489 e. The first-order valence-electron chi connectivity index (χ1n) is 2.59. The highest BCUT2D eigenvalue weighted by atomic mass is 16.5. The molecule has 0 bridgehead atoms. The summed E-state index contributed by atoms with van der Waals surface area (Å²) >= 11 is 0. The zero-order valence-electron chi connectivity index (χ0n) is 4.29. The maximum Gasteiger partial charge on any atom is 0.142 e. The summed E-state index contributed by atoms with van der Waals surface area (Å²) < 4.78 is 5.09. The van der Waals surface area contributed by atoms with Crippen molar-refractivity contribution in [2.24, 2.45) is 0 Å². The van der Waals surface area contributed by atoms with Crippen LogP contribution in [0.25, 0.3) is 0 Å². The molecule has 0 fully saturated rings. The van der Waals surface area contributed by atoms with Gasteiger partial charge in [0.2, 0.25) is 0 Å². The highest BCUT2D eigenvalue weighted by molar-refractivity contribution is 5.36. The number of rotatable bonds is 0. The third kappa shape index (κ3) is 0.360. The molecule has 0 saturated heterocycles. The summed E-state index contributed by atoms with van der Waals surface area (Å²) in [6.07, 6.45) is 10.8. The number of hydrogen-bond donors (Lipinski definition) is 0. The van der Waals surface area contributed by atoms with Gasteiger partial charge in [-0.05, 0) is 6.08 Å². The van der Waals surface area contributed by atoms with E-state index in [0.717, 1.165) is 5.57 Å². The molecule has 1 radical (unpaired) electrons. The van der Waals surface area contributed by atoms with Crippen LogP contribution >= 0.6 is 0 Å². The van der Waals surface area contributed by atoms with Crippen molar-refractivity contribution in [3.05, 3.63) is 36.1 Å². The van der Waals surface area contributed by atoms with Gasteiger partial charge in [0.1, 0.15) is 6.10 Å². The Labute approximate surface area is 48.0 Å². The van der Waals surface area contributed by atoms with Gasteiger partial charge in [-0.15, -0.1) is 0 Å². The van der Waals surface area contributed by atoms with Crippen LogP contribution in [-0.4, -0.2) is 6.10 Å². The van der Waals surface area contributed by atoms with Gasteiger partial charge in [-0.3, -0.25) is 0 Å². The molecule has 2 aliphatic rings. The molecule has 0 aromatic carbocycles. The van der Waals surface area contributed by atoms with Crippen molar-refractivity contribution >= 4 is 0 Å². The van der Waals surface area contributed by atoms with Gasteiger partial charge in [-0.25, -0.2) is 0 Å². The first-order chi connectivity index (χ1) is 3.97. The van der Waals surface area contributed by atoms with Crippen LogP contribution in [0.1, 0.15) is 0 Å². The van der Waals surface area contributed by atoms with Gasteiger partial charge in [0.25, 0.3) is 0 Å². The molecule has 0 N–H and O–H groups in total. The first-order valence-corrected chi connectivity index (χ1v) is 2.59. The van der Waals surface area contributed by atoms with Crippen LogP contribution in [0.15, 0.2) is 30.1 Å². The molecule has 1 nitrogen and oxygen atoms in total. The van der Waals surface area contributed by atoms with Crippen molar-refractivity contribution < 1.29 is 4.74 Å². The van der Waals surface area contributed by atoms with Crippen LogP contribution in [0.2, 0.25) is 0 Å². The zero-order valence-corrected chi connectivity index (χ0v) is 4.29. The van der Waals surface area contributed by atoms with E-state index >= 15 is 0 Å². The Morgan fingerprint density at radius 2 is 2.62 bits per heavy atom. The van der Waals surface area contributed by atoms with Crippen LogP contribution < -0.4 is 0 Å².